The summed E-state index contributed by atoms with van der Waals surface area (Å²) in [6, 6.07) is 4.81. The van der Waals surface area contributed by atoms with Crippen molar-refractivity contribution in [3.05, 3.63) is 44.5 Å². The van der Waals surface area contributed by atoms with Gasteiger partial charge in [-0.2, -0.15) is 0 Å². The fourth-order valence-electron chi connectivity index (χ4n) is 1.57. The van der Waals surface area contributed by atoms with Crippen molar-refractivity contribution in [3.63, 3.8) is 0 Å². The highest BCUT2D eigenvalue weighted by molar-refractivity contribution is 7.07. The average Bonchev–Trinajstić information content (AvgIpc) is 2.81. The fraction of sp³-hybridized carbons (Fsp3) is 0.167. The number of nitrogens with two attached hydrogens (primary N) is 1. The van der Waals surface area contributed by atoms with Crippen LogP contribution in [0.25, 0.3) is 0 Å². The zero-order valence-electron chi connectivity index (χ0n) is 10.2. The molecule has 0 spiro atoms. The Morgan fingerprint density at radius 3 is 2.95 bits per heavy atom. The van der Waals surface area contributed by atoms with Gasteiger partial charge in [0.2, 0.25) is 0 Å². The minimum atomic E-state index is -0.288. The minimum absolute atomic E-state index is 0.144. The van der Waals surface area contributed by atoms with Gasteiger partial charge in [0.15, 0.2) is 0 Å². The molecule has 0 radical (unpaired) electrons. The SMILES string of the molecule is COc1cc(N)ccc1C(=O)NCc1csc(=O)[nH]1. The van der Waals surface area contributed by atoms with Gasteiger partial charge in [-0.15, -0.1) is 0 Å². The third kappa shape index (κ3) is 3.14. The first kappa shape index (κ1) is 13.2. The largest absolute Gasteiger partial charge is 0.496 e. The second-order valence-electron chi connectivity index (χ2n) is 3.82. The van der Waals surface area contributed by atoms with E-state index >= 15 is 0 Å². The zero-order chi connectivity index (χ0) is 13.8. The van der Waals surface area contributed by atoms with E-state index in [-0.39, 0.29) is 17.3 Å². The highest BCUT2D eigenvalue weighted by Crippen LogP contribution is 2.21. The second-order valence-corrected chi connectivity index (χ2v) is 4.66. The number of thiazole rings is 1. The van der Waals surface area contributed by atoms with Crippen molar-refractivity contribution < 1.29 is 9.53 Å². The summed E-state index contributed by atoms with van der Waals surface area (Å²) in [5.41, 5.74) is 7.21. The van der Waals surface area contributed by atoms with E-state index in [0.29, 0.717) is 22.7 Å². The Morgan fingerprint density at radius 2 is 2.32 bits per heavy atom. The lowest BCUT2D eigenvalue weighted by molar-refractivity contribution is 0.0947. The van der Waals surface area contributed by atoms with Gasteiger partial charge in [0.05, 0.1) is 19.2 Å². The van der Waals surface area contributed by atoms with E-state index in [4.69, 9.17) is 10.5 Å². The number of hydrogen-bond acceptors (Lipinski definition) is 5. The van der Waals surface area contributed by atoms with E-state index in [1.54, 1.807) is 23.6 Å². The van der Waals surface area contributed by atoms with Crippen LogP contribution in [0.5, 0.6) is 5.75 Å². The summed E-state index contributed by atoms with van der Waals surface area (Å²) in [6.07, 6.45) is 0. The van der Waals surface area contributed by atoms with E-state index in [2.05, 4.69) is 10.3 Å². The molecule has 6 nitrogen and oxygen atoms in total. The molecule has 0 unspecified atom stereocenters. The van der Waals surface area contributed by atoms with Gasteiger partial charge in [-0.05, 0) is 12.1 Å². The maximum atomic E-state index is 12.0. The lowest BCUT2D eigenvalue weighted by Gasteiger charge is -2.09. The highest BCUT2D eigenvalue weighted by Gasteiger charge is 2.12. The molecule has 0 bridgehead atoms. The third-order valence-corrected chi connectivity index (χ3v) is 3.20. The number of rotatable bonds is 4. The summed E-state index contributed by atoms with van der Waals surface area (Å²) >= 11 is 1.06. The van der Waals surface area contributed by atoms with Crippen LogP contribution in [0, 0.1) is 0 Å². The quantitative estimate of drug-likeness (QED) is 0.726. The smallest absolute Gasteiger partial charge is 0.304 e. The summed E-state index contributed by atoms with van der Waals surface area (Å²) in [6.45, 7) is 0.255. The van der Waals surface area contributed by atoms with Gasteiger partial charge in [0.1, 0.15) is 5.75 Å². The van der Waals surface area contributed by atoms with Crippen molar-refractivity contribution in [3.8, 4) is 5.75 Å². The number of aromatic nitrogens is 1. The molecule has 0 saturated heterocycles. The van der Waals surface area contributed by atoms with Crippen LogP contribution in [0.1, 0.15) is 16.1 Å². The Bertz CT molecular complexity index is 648. The van der Waals surface area contributed by atoms with Crippen molar-refractivity contribution in [1.82, 2.24) is 10.3 Å². The molecule has 0 atom stereocenters. The van der Waals surface area contributed by atoms with Crippen molar-refractivity contribution in [2.24, 2.45) is 0 Å². The van der Waals surface area contributed by atoms with Crippen LogP contribution >= 0.6 is 11.3 Å². The first-order valence-electron chi connectivity index (χ1n) is 5.48. The Balaban J connectivity index is 2.09. The summed E-state index contributed by atoms with van der Waals surface area (Å²) in [7, 11) is 1.47. The monoisotopic (exact) mass is 279 g/mol. The van der Waals surface area contributed by atoms with Crippen LogP contribution in [0.3, 0.4) is 0 Å². The standard InChI is InChI=1S/C12H13N3O3S/c1-18-10-4-7(13)2-3-9(10)11(16)14-5-8-6-19-12(17)15-8/h2-4,6H,5,13H2,1H3,(H,14,16)(H,15,17). The van der Waals surface area contributed by atoms with Gasteiger partial charge in [-0.3, -0.25) is 9.59 Å². The fourth-order valence-corrected chi connectivity index (χ4v) is 2.15. The lowest BCUT2D eigenvalue weighted by atomic mass is 10.1. The van der Waals surface area contributed by atoms with Gasteiger partial charge >= 0.3 is 4.87 Å². The normalized spacial score (nSPS) is 10.2. The van der Waals surface area contributed by atoms with Gasteiger partial charge in [0.25, 0.3) is 5.91 Å². The number of benzene rings is 1. The molecular formula is C12H13N3O3S. The van der Waals surface area contributed by atoms with Crippen molar-refractivity contribution in [2.75, 3.05) is 12.8 Å². The number of carbonyl (C=O) groups excluding carboxylic acids is 1. The molecule has 100 valence electrons. The average molecular weight is 279 g/mol. The number of nitrogen functional groups attached to an aromatic ring is 1. The molecule has 7 heteroatoms. The number of hydrogen-bond donors (Lipinski definition) is 3. The van der Waals surface area contributed by atoms with Crippen LogP contribution in [-0.4, -0.2) is 18.0 Å². The Labute approximate surface area is 113 Å². The summed E-state index contributed by atoms with van der Waals surface area (Å²) in [5, 5.41) is 4.37. The number of H-pyrrole nitrogens is 1. The number of amides is 1. The topological polar surface area (TPSA) is 97.2 Å². The summed E-state index contributed by atoms with van der Waals surface area (Å²) < 4.78 is 5.11. The predicted octanol–water partition coefficient (Wildman–Crippen LogP) is 0.957. The van der Waals surface area contributed by atoms with Crippen molar-refractivity contribution in [1.29, 1.82) is 0 Å². The van der Waals surface area contributed by atoms with Gasteiger partial charge in [-0.1, -0.05) is 11.3 Å². The molecule has 2 rings (SSSR count). The first-order valence-corrected chi connectivity index (χ1v) is 6.36. The van der Waals surface area contributed by atoms with Gasteiger partial charge in [-0.25, -0.2) is 0 Å². The third-order valence-electron chi connectivity index (χ3n) is 2.48. The number of aromatic amines is 1. The molecule has 4 N–H and O–H groups in total. The van der Waals surface area contributed by atoms with E-state index in [1.165, 1.54) is 7.11 Å². The molecule has 0 saturated carbocycles. The van der Waals surface area contributed by atoms with Crippen LogP contribution in [0.2, 0.25) is 0 Å². The first-order chi connectivity index (χ1) is 9.10. The van der Waals surface area contributed by atoms with Gasteiger partial charge < -0.3 is 20.8 Å². The molecule has 0 aliphatic carbocycles. The summed E-state index contributed by atoms with van der Waals surface area (Å²) in [5.74, 6) is 0.125. The van der Waals surface area contributed by atoms with Gasteiger partial charge in [0, 0.05) is 22.8 Å². The number of anilines is 1. The van der Waals surface area contributed by atoms with E-state index in [9.17, 15) is 9.59 Å². The van der Waals surface area contributed by atoms with Crippen LogP contribution in [0.4, 0.5) is 5.69 Å². The Hall–Kier alpha value is -2.28. The molecule has 0 aliphatic rings. The van der Waals surface area contributed by atoms with E-state index < -0.39 is 0 Å². The molecule has 1 aromatic carbocycles. The summed E-state index contributed by atoms with van der Waals surface area (Å²) in [4.78, 5) is 25.4. The number of carbonyl (C=O) groups is 1. The molecule has 1 heterocycles. The Kier molecular flexibility index (Phi) is 3.86. The zero-order valence-corrected chi connectivity index (χ0v) is 11.0. The predicted molar refractivity (Wildman–Crippen MR) is 73.5 cm³/mol. The highest BCUT2D eigenvalue weighted by atomic mass is 32.1. The molecule has 0 fully saturated rings. The molecule has 1 aromatic heterocycles. The van der Waals surface area contributed by atoms with Crippen LogP contribution in [0.15, 0.2) is 28.4 Å². The molecular weight excluding hydrogens is 266 g/mol. The lowest BCUT2D eigenvalue weighted by Crippen LogP contribution is -2.23. The van der Waals surface area contributed by atoms with Crippen LogP contribution in [-0.2, 0) is 6.54 Å². The maximum absolute atomic E-state index is 12.0. The number of methoxy groups -OCH3 is 1. The minimum Gasteiger partial charge on any atom is -0.496 e. The molecule has 19 heavy (non-hydrogen) atoms. The van der Waals surface area contributed by atoms with Crippen molar-refractivity contribution >= 4 is 22.9 Å². The van der Waals surface area contributed by atoms with Crippen molar-refractivity contribution in [2.45, 2.75) is 6.54 Å². The second kappa shape index (κ2) is 5.57. The Morgan fingerprint density at radius 1 is 1.53 bits per heavy atom. The molecule has 1 amide bonds. The molecule has 2 aromatic rings. The molecule has 0 aliphatic heterocycles. The van der Waals surface area contributed by atoms with Crippen LogP contribution < -0.4 is 20.7 Å². The number of ether oxygens (including phenoxy) is 1. The van der Waals surface area contributed by atoms with E-state index in [0.717, 1.165) is 11.3 Å². The van der Waals surface area contributed by atoms with E-state index in [1.807, 2.05) is 0 Å². The number of nitrogens with one attached hydrogen (secondary N) is 2. The maximum Gasteiger partial charge on any atom is 0.304 e.